The topological polar surface area (TPSA) is 32.3 Å². The van der Waals surface area contributed by atoms with Gasteiger partial charge in [0.25, 0.3) is 0 Å². The molecule has 0 spiro atoms. The highest BCUT2D eigenvalue weighted by Crippen LogP contribution is 2.15. The van der Waals surface area contributed by atoms with Gasteiger partial charge in [0.2, 0.25) is 5.91 Å². The highest BCUT2D eigenvalue weighted by atomic mass is 35.5. The maximum atomic E-state index is 11.6. The van der Waals surface area contributed by atoms with Crippen molar-refractivity contribution in [2.75, 3.05) is 19.5 Å². The standard InChI is InChI=1S/C11H21ClN2O/c1-8(7-12)11(15)13-10-4-5-14(3)9(2)6-10/h8-10H,4-7H2,1-3H3,(H,13,15). The molecule has 1 N–H and O–H groups in total. The van der Waals surface area contributed by atoms with Gasteiger partial charge in [-0.2, -0.15) is 0 Å². The largest absolute Gasteiger partial charge is 0.353 e. The van der Waals surface area contributed by atoms with Crippen molar-refractivity contribution in [2.45, 2.75) is 38.8 Å². The molecule has 3 unspecified atom stereocenters. The lowest BCUT2D eigenvalue weighted by Gasteiger charge is -2.35. The zero-order valence-corrected chi connectivity index (χ0v) is 10.5. The number of carbonyl (C=O) groups is 1. The van der Waals surface area contributed by atoms with E-state index in [1.807, 2.05) is 6.92 Å². The smallest absolute Gasteiger partial charge is 0.224 e. The minimum Gasteiger partial charge on any atom is -0.353 e. The summed E-state index contributed by atoms with van der Waals surface area (Å²) in [5, 5.41) is 3.07. The molecule has 15 heavy (non-hydrogen) atoms. The molecule has 1 amide bonds. The number of carbonyl (C=O) groups excluding carboxylic acids is 1. The van der Waals surface area contributed by atoms with Crippen LogP contribution in [0.1, 0.15) is 26.7 Å². The molecular formula is C11H21ClN2O. The lowest BCUT2D eigenvalue weighted by atomic mass is 9.98. The fourth-order valence-electron chi connectivity index (χ4n) is 1.83. The van der Waals surface area contributed by atoms with Crippen LogP contribution in [0.2, 0.25) is 0 Å². The Morgan fingerprint density at radius 2 is 2.33 bits per heavy atom. The van der Waals surface area contributed by atoms with Gasteiger partial charge in [0.1, 0.15) is 0 Å². The molecule has 3 atom stereocenters. The zero-order chi connectivity index (χ0) is 11.4. The van der Waals surface area contributed by atoms with E-state index in [0.717, 1.165) is 19.4 Å². The van der Waals surface area contributed by atoms with Crippen molar-refractivity contribution < 1.29 is 4.79 Å². The van der Waals surface area contributed by atoms with Gasteiger partial charge in [0.15, 0.2) is 0 Å². The maximum Gasteiger partial charge on any atom is 0.224 e. The van der Waals surface area contributed by atoms with Crippen LogP contribution in [-0.2, 0) is 4.79 Å². The highest BCUT2D eigenvalue weighted by molar-refractivity contribution is 6.19. The third-order valence-electron chi connectivity index (χ3n) is 3.23. The van der Waals surface area contributed by atoms with Gasteiger partial charge in [0, 0.05) is 30.4 Å². The van der Waals surface area contributed by atoms with Gasteiger partial charge in [-0.15, -0.1) is 11.6 Å². The normalized spacial score (nSPS) is 29.9. The molecule has 0 radical (unpaired) electrons. The predicted molar refractivity (Wildman–Crippen MR) is 63.1 cm³/mol. The van der Waals surface area contributed by atoms with E-state index in [4.69, 9.17) is 11.6 Å². The van der Waals surface area contributed by atoms with Crippen LogP contribution in [0.5, 0.6) is 0 Å². The summed E-state index contributed by atoms with van der Waals surface area (Å²) in [4.78, 5) is 13.9. The second-order valence-electron chi connectivity index (χ2n) is 4.61. The quantitative estimate of drug-likeness (QED) is 0.748. The second kappa shape index (κ2) is 5.71. The van der Waals surface area contributed by atoms with Crippen molar-refractivity contribution in [3.8, 4) is 0 Å². The number of rotatable bonds is 3. The Balaban J connectivity index is 2.36. The first-order valence-electron chi connectivity index (χ1n) is 5.61. The fraction of sp³-hybridized carbons (Fsp3) is 0.909. The summed E-state index contributed by atoms with van der Waals surface area (Å²) >= 11 is 5.65. The molecule has 0 saturated carbocycles. The summed E-state index contributed by atoms with van der Waals surface area (Å²) in [5.41, 5.74) is 0. The number of halogens is 1. The van der Waals surface area contributed by atoms with Gasteiger partial charge in [0.05, 0.1) is 0 Å². The van der Waals surface area contributed by atoms with Crippen molar-refractivity contribution in [1.29, 1.82) is 0 Å². The zero-order valence-electron chi connectivity index (χ0n) is 9.79. The van der Waals surface area contributed by atoms with Gasteiger partial charge >= 0.3 is 0 Å². The molecule has 0 bridgehead atoms. The summed E-state index contributed by atoms with van der Waals surface area (Å²) in [5.74, 6) is 0.405. The summed E-state index contributed by atoms with van der Waals surface area (Å²) < 4.78 is 0. The third-order valence-corrected chi connectivity index (χ3v) is 3.70. The molecule has 1 aliphatic rings. The Morgan fingerprint density at radius 1 is 1.67 bits per heavy atom. The Hall–Kier alpha value is -0.280. The minimum atomic E-state index is -0.0818. The lowest BCUT2D eigenvalue weighted by molar-refractivity contribution is -0.125. The maximum absolute atomic E-state index is 11.6. The summed E-state index contributed by atoms with van der Waals surface area (Å²) in [6.45, 7) is 5.12. The molecular weight excluding hydrogens is 212 g/mol. The highest BCUT2D eigenvalue weighted by Gasteiger charge is 2.24. The van der Waals surface area contributed by atoms with Gasteiger partial charge in [-0.05, 0) is 26.8 Å². The van der Waals surface area contributed by atoms with Crippen molar-refractivity contribution in [1.82, 2.24) is 10.2 Å². The Morgan fingerprint density at radius 3 is 2.87 bits per heavy atom. The van der Waals surface area contributed by atoms with Crippen molar-refractivity contribution >= 4 is 17.5 Å². The first-order chi connectivity index (χ1) is 7.04. The molecule has 1 saturated heterocycles. The predicted octanol–water partition coefficient (Wildman–Crippen LogP) is 1.46. The second-order valence-corrected chi connectivity index (χ2v) is 4.92. The minimum absolute atomic E-state index is 0.0818. The molecule has 1 aliphatic heterocycles. The van der Waals surface area contributed by atoms with Crippen molar-refractivity contribution in [3.05, 3.63) is 0 Å². The third kappa shape index (κ3) is 3.65. The SMILES string of the molecule is CC(CCl)C(=O)NC1CCN(C)C(C)C1. The van der Waals surface area contributed by atoms with Crippen LogP contribution < -0.4 is 5.32 Å². The Kier molecular flexibility index (Phi) is 4.87. The number of nitrogens with one attached hydrogen (secondary N) is 1. The van der Waals surface area contributed by atoms with Crippen LogP contribution in [-0.4, -0.2) is 42.4 Å². The number of piperidine rings is 1. The summed E-state index contributed by atoms with van der Waals surface area (Å²) in [6.07, 6.45) is 2.08. The first-order valence-corrected chi connectivity index (χ1v) is 6.14. The number of nitrogens with zero attached hydrogens (tertiary/aromatic N) is 1. The van der Waals surface area contributed by atoms with Gasteiger partial charge in [-0.3, -0.25) is 4.79 Å². The monoisotopic (exact) mass is 232 g/mol. The van der Waals surface area contributed by atoms with E-state index in [-0.39, 0.29) is 11.8 Å². The molecule has 1 fully saturated rings. The number of alkyl halides is 1. The molecule has 1 heterocycles. The van der Waals surface area contributed by atoms with E-state index in [2.05, 4.69) is 24.2 Å². The van der Waals surface area contributed by atoms with Gasteiger partial charge in [-0.1, -0.05) is 6.92 Å². The van der Waals surface area contributed by atoms with Crippen LogP contribution in [0.25, 0.3) is 0 Å². The molecule has 3 nitrogen and oxygen atoms in total. The Bertz CT molecular complexity index is 223. The Labute approximate surface area is 97.2 Å². The van der Waals surface area contributed by atoms with Crippen LogP contribution in [0.4, 0.5) is 0 Å². The van der Waals surface area contributed by atoms with E-state index >= 15 is 0 Å². The average molecular weight is 233 g/mol. The number of amides is 1. The van der Waals surface area contributed by atoms with Gasteiger partial charge in [-0.25, -0.2) is 0 Å². The number of hydrogen-bond donors (Lipinski definition) is 1. The molecule has 0 aliphatic carbocycles. The van der Waals surface area contributed by atoms with Crippen molar-refractivity contribution in [2.24, 2.45) is 5.92 Å². The first kappa shape index (κ1) is 12.8. The van der Waals surface area contributed by atoms with E-state index in [1.54, 1.807) is 0 Å². The molecule has 4 heteroatoms. The number of likely N-dealkylation sites (tertiary alicyclic amines) is 1. The molecule has 0 aromatic carbocycles. The van der Waals surface area contributed by atoms with E-state index < -0.39 is 0 Å². The fourth-order valence-corrected chi connectivity index (χ4v) is 1.97. The summed E-state index contributed by atoms with van der Waals surface area (Å²) in [6, 6.07) is 0.879. The molecule has 88 valence electrons. The summed E-state index contributed by atoms with van der Waals surface area (Å²) in [7, 11) is 2.13. The van der Waals surface area contributed by atoms with E-state index in [9.17, 15) is 4.79 Å². The molecule has 0 aromatic heterocycles. The van der Waals surface area contributed by atoms with Crippen LogP contribution in [0.3, 0.4) is 0 Å². The van der Waals surface area contributed by atoms with Crippen LogP contribution in [0, 0.1) is 5.92 Å². The van der Waals surface area contributed by atoms with Crippen LogP contribution in [0.15, 0.2) is 0 Å². The van der Waals surface area contributed by atoms with E-state index in [0.29, 0.717) is 18.0 Å². The molecule has 1 rings (SSSR count). The average Bonchev–Trinajstić information content (AvgIpc) is 2.22. The lowest BCUT2D eigenvalue weighted by Crippen LogP contribution is -2.48. The van der Waals surface area contributed by atoms with Gasteiger partial charge < -0.3 is 10.2 Å². The molecule has 0 aromatic rings. The van der Waals surface area contributed by atoms with Crippen LogP contribution >= 0.6 is 11.6 Å². The van der Waals surface area contributed by atoms with Crippen molar-refractivity contribution in [3.63, 3.8) is 0 Å². The van der Waals surface area contributed by atoms with E-state index in [1.165, 1.54) is 0 Å². The number of hydrogen-bond acceptors (Lipinski definition) is 2.